The summed E-state index contributed by atoms with van der Waals surface area (Å²) in [5.74, 6) is 16.6. The van der Waals surface area contributed by atoms with E-state index < -0.39 is 0 Å². The maximum atomic E-state index is 3.47. The Balaban J connectivity index is 1.59. The highest BCUT2D eigenvalue weighted by atomic mass is 14.2. The van der Waals surface area contributed by atoms with E-state index in [2.05, 4.69) is 37.5 Å². The molecule has 0 atom stereocenters. The molecule has 2 rings (SSSR count). The van der Waals surface area contributed by atoms with Crippen molar-refractivity contribution in [3.05, 3.63) is 12.2 Å². The standard InChI is InChI=1S/C26H40/c1-3-5-6-9-12-25-19-21-26(22-20-25)14-11-8-7-10-13-24-17-15-23(4-2)16-18-24/h7-8,23-26H,3-6,9,12,15-22H2,1-2H3/b8-7+/t23-,24-,25-,26-. The van der Waals surface area contributed by atoms with E-state index in [0.717, 1.165) is 11.8 Å². The molecule has 2 aliphatic carbocycles. The maximum absolute atomic E-state index is 3.47. The Hall–Kier alpha value is -1.14. The van der Waals surface area contributed by atoms with Crippen LogP contribution in [-0.4, -0.2) is 0 Å². The van der Waals surface area contributed by atoms with Gasteiger partial charge in [0.05, 0.1) is 0 Å². The first-order valence-electron chi connectivity index (χ1n) is 11.5. The minimum Gasteiger partial charge on any atom is -0.0951 e. The highest BCUT2D eigenvalue weighted by Crippen LogP contribution is 2.32. The lowest BCUT2D eigenvalue weighted by Gasteiger charge is -2.25. The highest BCUT2D eigenvalue weighted by molar-refractivity contribution is 5.26. The fourth-order valence-corrected chi connectivity index (χ4v) is 4.59. The molecule has 2 saturated carbocycles. The van der Waals surface area contributed by atoms with Crippen molar-refractivity contribution in [2.45, 2.75) is 104 Å². The quantitative estimate of drug-likeness (QED) is 0.342. The van der Waals surface area contributed by atoms with E-state index in [-0.39, 0.29) is 0 Å². The zero-order valence-corrected chi connectivity index (χ0v) is 17.4. The van der Waals surface area contributed by atoms with Crippen molar-refractivity contribution in [1.82, 2.24) is 0 Å². The van der Waals surface area contributed by atoms with Crippen LogP contribution in [0.1, 0.15) is 104 Å². The molecule has 0 amide bonds. The van der Waals surface area contributed by atoms with Crippen molar-refractivity contribution in [2.24, 2.45) is 23.7 Å². The van der Waals surface area contributed by atoms with Gasteiger partial charge in [-0.15, -0.1) is 0 Å². The molecule has 0 aromatic carbocycles. The second-order valence-corrected chi connectivity index (χ2v) is 8.60. The van der Waals surface area contributed by atoms with Crippen LogP contribution in [0, 0.1) is 47.4 Å². The van der Waals surface area contributed by atoms with Crippen molar-refractivity contribution in [1.29, 1.82) is 0 Å². The van der Waals surface area contributed by atoms with Crippen LogP contribution >= 0.6 is 0 Å². The minimum absolute atomic E-state index is 0.628. The van der Waals surface area contributed by atoms with E-state index in [9.17, 15) is 0 Å². The smallest absolute Gasteiger partial charge is 0.0206 e. The monoisotopic (exact) mass is 352 g/mol. The van der Waals surface area contributed by atoms with E-state index in [0.29, 0.717) is 11.8 Å². The van der Waals surface area contributed by atoms with Crippen LogP contribution in [-0.2, 0) is 0 Å². The highest BCUT2D eigenvalue weighted by Gasteiger charge is 2.19. The topological polar surface area (TPSA) is 0 Å². The Bertz CT molecular complexity index is 502. The van der Waals surface area contributed by atoms with Crippen molar-refractivity contribution < 1.29 is 0 Å². The molecular formula is C26H40. The molecule has 0 aromatic heterocycles. The summed E-state index contributed by atoms with van der Waals surface area (Å²) in [6.07, 6.45) is 23.1. The van der Waals surface area contributed by atoms with Gasteiger partial charge in [0.1, 0.15) is 0 Å². The van der Waals surface area contributed by atoms with Gasteiger partial charge in [-0.2, -0.15) is 0 Å². The zero-order chi connectivity index (χ0) is 18.5. The Kier molecular flexibility index (Phi) is 10.7. The lowest BCUT2D eigenvalue weighted by molar-refractivity contribution is 0.294. The molecule has 0 N–H and O–H groups in total. The molecule has 2 fully saturated rings. The number of unbranched alkanes of at least 4 members (excludes halogenated alkanes) is 3. The lowest BCUT2D eigenvalue weighted by Crippen LogP contribution is -2.13. The number of rotatable bonds is 6. The molecule has 26 heavy (non-hydrogen) atoms. The second kappa shape index (κ2) is 13.1. The SMILES string of the molecule is CCCCCC[C@H]1CC[C@H](C#C/C=C/C#C[C@H]2CC[C@H](CC)CC2)CC1. The lowest BCUT2D eigenvalue weighted by atomic mass is 9.80. The van der Waals surface area contributed by atoms with Gasteiger partial charge in [-0.25, -0.2) is 0 Å². The average molecular weight is 353 g/mol. The molecule has 0 spiro atoms. The molecule has 0 unspecified atom stereocenters. The normalized spacial score (nSPS) is 28.8. The van der Waals surface area contributed by atoms with Gasteiger partial charge in [-0.05, 0) is 75.4 Å². The van der Waals surface area contributed by atoms with Crippen molar-refractivity contribution in [2.75, 3.05) is 0 Å². The molecule has 2 aliphatic rings. The van der Waals surface area contributed by atoms with Gasteiger partial charge in [0, 0.05) is 11.8 Å². The number of allylic oxidation sites excluding steroid dienone is 2. The van der Waals surface area contributed by atoms with Gasteiger partial charge < -0.3 is 0 Å². The maximum Gasteiger partial charge on any atom is 0.0206 e. The summed E-state index contributed by atoms with van der Waals surface area (Å²) in [5.41, 5.74) is 0. The predicted octanol–water partition coefficient (Wildman–Crippen LogP) is 7.54. The van der Waals surface area contributed by atoms with Crippen LogP contribution in [0.2, 0.25) is 0 Å². The Morgan fingerprint density at radius 1 is 0.654 bits per heavy atom. The molecule has 144 valence electrons. The molecule has 0 nitrogen and oxygen atoms in total. The van der Waals surface area contributed by atoms with Gasteiger partial charge in [0.25, 0.3) is 0 Å². The van der Waals surface area contributed by atoms with E-state index in [1.165, 1.54) is 89.9 Å². The number of hydrogen-bond acceptors (Lipinski definition) is 0. The first-order chi connectivity index (χ1) is 12.8. The molecule has 0 heterocycles. The molecule has 0 aromatic rings. The summed E-state index contributed by atoms with van der Waals surface area (Å²) < 4.78 is 0. The molecule has 0 saturated heterocycles. The van der Waals surface area contributed by atoms with Crippen LogP contribution in [0.15, 0.2) is 12.2 Å². The summed E-state index contributed by atoms with van der Waals surface area (Å²) in [4.78, 5) is 0. The summed E-state index contributed by atoms with van der Waals surface area (Å²) in [5, 5.41) is 0. The van der Waals surface area contributed by atoms with E-state index in [1.54, 1.807) is 0 Å². The third kappa shape index (κ3) is 8.49. The number of hydrogen-bond donors (Lipinski definition) is 0. The predicted molar refractivity (Wildman–Crippen MR) is 115 cm³/mol. The second-order valence-electron chi connectivity index (χ2n) is 8.60. The Labute approximate surface area is 163 Å². The van der Waals surface area contributed by atoms with Crippen LogP contribution in [0.4, 0.5) is 0 Å². The Morgan fingerprint density at radius 2 is 1.19 bits per heavy atom. The zero-order valence-electron chi connectivity index (χ0n) is 17.4. The van der Waals surface area contributed by atoms with Crippen LogP contribution < -0.4 is 0 Å². The van der Waals surface area contributed by atoms with Gasteiger partial charge in [-0.3, -0.25) is 0 Å². The molecular weight excluding hydrogens is 312 g/mol. The Morgan fingerprint density at radius 3 is 1.69 bits per heavy atom. The third-order valence-corrected chi connectivity index (χ3v) is 6.56. The van der Waals surface area contributed by atoms with Crippen molar-refractivity contribution in [3.63, 3.8) is 0 Å². The summed E-state index contributed by atoms with van der Waals surface area (Å²) in [6, 6.07) is 0. The average Bonchev–Trinajstić information content (AvgIpc) is 2.69. The van der Waals surface area contributed by atoms with Gasteiger partial charge >= 0.3 is 0 Å². The fraction of sp³-hybridized carbons (Fsp3) is 0.769. The minimum atomic E-state index is 0.628. The first-order valence-corrected chi connectivity index (χ1v) is 11.5. The summed E-state index contributed by atoms with van der Waals surface area (Å²) >= 11 is 0. The van der Waals surface area contributed by atoms with Gasteiger partial charge in [-0.1, -0.05) is 76.1 Å². The summed E-state index contributed by atoms with van der Waals surface area (Å²) in [7, 11) is 0. The van der Waals surface area contributed by atoms with E-state index in [4.69, 9.17) is 0 Å². The van der Waals surface area contributed by atoms with E-state index >= 15 is 0 Å². The largest absolute Gasteiger partial charge is 0.0951 e. The van der Waals surface area contributed by atoms with Gasteiger partial charge in [0.15, 0.2) is 0 Å². The van der Waals surface area contributed by atoms with Crippen LogP contribution in [0.3, 0.4) is 0 Å². The first kappa shape index (κ1) is 21.2. The fourth-order valence-electron chi connectivity index (χ4n) is 4.59. The molecule has 0 heteroatoms. The molecule has 0 bridgehead atoms. The van der Waals surface area contributed by atoms with Crippen molar-refractivity contribution >= 4 is 0 Å². The summed E-state index contributed by atoms with van der Waals surface area (Å²) in [6.45, 7) is 4.61. The van der Waals surface area contributed by atoms with E-state index in [1.807, 2.05) is 12.2 Å². The molecule has 0 radical (unpaired) electrons. The van der Waals surface area contributed by atoms with Crippen molar-refractivity contribution in [3.8, 4) is 23.7 Å². The molecule has 0 aliphatic heterocycles. The third-order valence-electron chi connectivity index (χ3n) is 6.56. The van der Waals surface area contributed by atoms with Crippen LogP contribution in [0.25, 0.3) is 0 Å². The van der Waals surface area contributed by atoms with Gasteiger partial charge in [0.2, 0.25) is 0 Å². The van der Waals surface area contributed by atoms with Crippen LogP contribution in [0.5, 0.6) is 0 Å².